The highest BCUT2D eigenvalue weighted by molar-refractivity contribution is 7.25. The van der Waals surface area contributed by atoms with E-state index in [1.54, 1.807) is 0 Å². The van der Waals surface area contributed by atoms with Gasteiger partial charge >= 0.3 is 0 Å². The van der Waals surface area contributed by atoms with Crippen LogP contribution in [0.2, 0.25) is 0 Å². The molecule has 0 saturated heterocycles. The van der Waals surface area contributed by atoms with Gasteiger partial charge in [0.15, 0.2) is 0 Å². The fraction of sp³-hybridized carbons (Fsp3) is 0.0612. The minimum Gasteiger partial charge on any atom is -0.310 e. The highest BCUT2D eigenvalue weighted by Gasteiger charge is 2.38. The summed E-state index contributed by atoms with van der Waals surface area (Å²) in [6, 6.07) is 64.9. The molecule has 10 rings (SSSR count). The van der Waals surface area contributed by atoms with Gasteiger partial charge in [0, 0.05) is 37.0 Å². The summed E-state index contributed by atoms with van der Waals surface area (Å²) in [7, 11) is 0. The van der Waals surface area contributed by atoms with Gasteiger partial charge in [-0.05, 0) is 104 Å². The summed E-state index contributed by atoms with van der Waals surface area (Å²) in [6.07, 6.45) is 0. The first-order valence-corrected chi connectivity index (χ1v) is 18.5. The summed E-state index contributed by atoms with van der Waals surface area (Å²) in [5, 5.41) is 5.17. The van der Waals surface area contributed by atoms with Crippen molar-refractivity contribution in [2.24, 2.45) is 0 Å². The summed E-state index contributed by atoms with van der Waals surface area (Å²) >= 11 is 1.87. The van der Waals surface area contributed by atoms with Gasteiger partial charge in [-0.25, -0.2) is 0 Å². The van der Waals surface area contributed by atoms with Crippen molar-refractivity contribution in [3.05, 3.63) is 187 Å². The van der Waals surface area contributed by atoms with Gasteiger partial charge in [-0.15, -0.1) is 11.3 Å². The topological polar surface area (TPSA) is 3.24 Å². The van der Waals surface area contributed by atoms with Crippen LogP contribution in [0.1, 0.15) is 25.0 Å². The van der Waals surface area contributed by atoms with E-state index in [2.05, 4.69) is 195 Å². The Labute approximate surface area is 302 Å². The van der Waals surface area contributed by atoms with Crippen molar-refractivity contribution in [1.29, 1.82) is 0 Å². The Kier molecular flexibility index (Phi) is 6.78. The number of benzene rings is 8. The Bertz CT molecular complexity index is 2780. The molecule has 0 saturated carbocycles. The van der Waals surface area contributed by atoms with E-state index in [4.69, 9.17) is 0 Å². The molecule has 51 heavy (non-hydrogen) atoms. The van der Waals surface area contributed by atoms with Gasteiger partial charge in [0.05, 0.1) is 5.69 Å². The first kappa shape index (κ1) is 29.9. The van der Waals surface area contributed by atoms with E-state index in [-0.39, 0.29) is 5.41 Å². The standard InChI is InChI=1S/C49H35NS/c1-49(2)43-20-7-5-16-40(43)41-19-10-21-44(48(41)49)50(38-15-9-14-35(31-38)36-25-24-32-12-3-4-13-34(32)30-36)37-28-26-33(27-29-37)39-18-11-23-46-47(39)42-17-6-8-22-45(42)51-46/h3-31H,1-2H3. The summed E-state index contributed by atoms with van der Waals surface area (Å²) in [4.78, 5) is 2.47. The summed E-state index contributed by atoms with van der Waals surface area (Å²) in [5.74, 6) is 0. The van der Waals surface area contributed by atoms with Gasteiger partial charge in [0.25, 0.3) is 0 Å². The lowest BCUT2D eigenvalue weighted by Gasteiger charge is -2.32. The Morgan fingerprint density at radius 3 is 2.02 bits per heavy atom. The van der Waals surface area contributed by atoms with E-state index in [9.17, 15) is 0 Å². The highest BCUT2D eigenvalue weighted by Crippen LogP contribution is 2.54. The smallest absolute Gasteiger partial charge is 0.0508 e. The quantitative estimate of drug-likeness (QED) is 0.176. The molecule has 0 aliphatic heterocycles. The van der Waals surface area contributed by atoms with Crippen LogP contribution in [-0.2, 0) is 5.41 Å². The molecule has 0 atom stereocenters. The molecule has 1 nitrogen and oxygen atoms in total. The van der Waals surface area contributed by atoms with Crippen molar-refractivity contribution in [2.45, 2.75) is 19.3 Å². The Hall–Kier alpha value is -5.96. The van der Waals surface area contributed by atoms with E-state index < -0.39 is 0 Å². The number of rotatable bonds is 5. The molecule has 1 heterocycles. The first-order valence-electron chi connectivity index (χ1n) is 17.7. The van der Waals surface area contributed by atoms with Crippen molar-refractivity contribution < 1.29 is 0 Å². The second kappa shape index (κ2) is 11.6. The molecule has 0 unspecified atom stereocenters. The fourth-order valence-electron chi connectivity index (χ4n) is 8.43. The molecule has 0 amide bonds. The first-order chi connectivity index (χ1) is 25.0. The molecule has 8 aromatic carbocycles. The van der Waals surface area contributed by atoms with Crippen LogP contribution in [0.15, 0.2) is 176 Å². The number of nitrogens with zero attached hydrogens (tertiary/aromatic N) is 1. The SMILES string of the molecule is CC1(C)c2ccccc2-c2cccc(N(c3ccc(-c4cccc5sc6ccccc6c45)cc3)c3cccc(-c4ccc5ccccc5c4)c3)c21. The maximum absolute atomic E-state index is 2.47. The third-order valence-electron chi connectivity index (χ3n) is 10.8. The lowest BCUT2D eigenvalue weighted by molar-refractivity contribution is 0.661. The Balaban J connectivity index is 1.15. The molecule has 9 aromatic rings. The average Bonchev–Trinajstić information content (AvgIpc) is 3.68. The second-order valence-corrected chi connectivity index (χ2v) is 15.2. The van der Waals surface area contributed by atoms with Gasteiger partial charge in [-0.2, -0.15) is 0 Å². The summed E-state index contributed by atoms with van der Waals surface area (Å²) in [6.45, 7) is 4.75. The molecule has 0 bridgehead atoms. The largest absolute Gasteiger partial charge is 0.310 e. The van der Waals surface area contributed by atoms with E-state index in [1.165, 1.54) is 81.1 Å². The van der Waals surface area contributed by atoms with E-state index in [1.807, 2.05) is 11.3 Å². The van der Waals surface area contributed by atoms with E-state index in [0.29, 0.717) is 0 Å². The van der Waals surface area contributed by atoms with Crippen molar-refractivity contribution >= 4 is 59.3 Å². The average molecular weight is 670 g/mol. The lowest BCUT2D eigenvalue weighted by atomic mass is 9.81. The second-order valence-electron chi connectivity index (χ2n) is 14.1. The maximum atomic E-state index is 2.47. The van der Waals surface area contributed by atoms with Crippen molar-refractivity contribution in [3.63, 3.8) is 0 Å². The molecule has 2 heteroatoms. The van der Waals surface area contributed by atoms with Crippen LogP contribution in [-0.4, -0.2) is 0 Å². The molecule has 0 spiro atoms. The van der Waals surface area contributed by atoms with Crippen molar-refractivity contribution in [2.75, 3.05) is 4.90 Å². The van der Waals surface area contributed by atoms with Crippen LogP contribution < -0.4 is 4.90 Å². The molecule has 242 valence electrons. The number of hydrogen-bond donors (Lipinski definition) is 0. The fourth-order valence-corrected chi connectivity index (χ4v) is 9.56. The molecule has 0 N–H and O–H groups in total. The van der Waals surface area contributed by atoms with E-state index in [0.717, 1.165) is 11.4 Å². The minimum absolute atomic E-state index is 0.160. The van der Waals surface area contributed by atoms with Crippen LogP contribution in [0.5, 0.6) is 0 Å². The Morgan fingerprint density at radius 1 is 0.451 bits per heavy atom. The molecule has 1 aliphatic carbocycles. The third-order valence-corrected chi connectivity index (χ3v) is 12.0. The normalized spacial score (nSPS) is 13.1. The van der Waals surface area contributed by atoms with Gasteiger partial charge in [-0.3, -0.25) is 0 Å². The summed E-state index contributed by atoms with van der Waals surface area (Å²) in [5.41, 5.74) is 13.6. The van der Waals surface area contributed by atoms with Crippen LogP contribution in [0, 0.1) is 0 Å². The maximum Gasteiger partial charge on any atom is 0.0508 e. The van der Waals surface area contributed by atoms with Crippen molar-refractivity contribution in [1.82, 2.24) is 0 Å². The summed E-state index contributed by atoms with van der Waals surface area (Å²) < 4.78 is 2.65. The number of anilines is 3. The van der Waals surface area contributed by atoms with Gasteiger partial charge in [0.2, 0.25) is 0 Å². The zero-order chi connectivity index (χ0) is 34.1. The van der Waals surface area contributed by atoms with Crippen LogP contribution in [0.4, 0.5) is 17.1 Å². The number of hydrogen-bond acceptors (Lipinski definition) is 2. The zero-order valence-corrected chi connectivity index (χ0v) is 29.4. The number of thiophene rings is 1. The number of fused-ring (bicyclic) bond motifs is 7. The van der Waals surface area contributed by atoms with Gasteiger partial charge in [-0.1, -0.05) is 141 Å². The molecule has 1 aromatic heterocycles. The minimum atomic E-state index is -0.160. The highest BCUT2D eigenvalue weighted by atomic mass is 32.1. The molecular weight excluding hydrogens is 635 g/mol. The van der Waals surface area contributed by atoms with E-state index >= 15 is 0 Å². The monoisotopic (exact) mass is 669 g/mol. The van der Waals surface area contributed by atoms with Crippen LogP contribution in [0.25, 0.3) is 64.3 Å². The molecule has 1 aliphatic rings. The van der Waals surface area contributed by atoms with Crippen LogP contribution >= 0.6 is 11.3 Å². The molecule has 0 radical (unpaired) electrons. The lowest BCUT2D eigenvalue weighted by Crippen LogP contribution is -2.20. The Morgan fingerprint density at radius 2 is 1.12 bits per heavy atom. The molecular formula is C49H35NS. The predicted octanol–water partition coefficient (Wildman–Crippen LogP) is 14.3. The molecule has 0 fully saturated rings. The van der Waals surface area contributed by atoms with Gasteiger partial charge in [0.1, 0.15) is 0 Å². The predicted molar refractivity (Wildman–Crippen MR) is 220 cm³/mol. The zero-order valence-electron chi connectivity index (χ0n) is 28.6. The van der Waals surface area contributed by atoms with Crippen LogP contribution in [0.3, 0.4) is 0 Å². The third kappa shape index (κ3) is 4.75. The van der Waals surface area contributed by atoms with Gasteiger partial charge < -0.3 is 4.90 Å². The van der Waals surface area contributed by atoms with Crippen molar-refractivity contribution in [3.8, 4) is 33.4 Å².